The summed E-state index contributed by atoms with van der Waals surface area (Å²) in [6.07, 6.45) is 3.63. The van der Waals surface area contributed by atoms with Crippen LogP contribution in [0.15, 0.2) is 54.9 Å². The Bertz CT molecular complexity index is 925. The highest BCUT2D eigenvalue weighted by Gasteiger charge is 2.09. The highest BCUT2D eigenvalue weighted by atomic mass is 35.5. The third kappa shape index (κ3) is 4.36. The number of hydrogen-bond acceptors (Lipinski definition) is 3. The molecule has 0 radical (unpaired) electrons. The van der Waals surface area contributed by atoms with E-state index in [1.54, 1.807) is 24.4 Å². The SMILES string of the molecule is Cc1nccn1-c1ccccc1CNC(=O)COc1ccc(Cl)cc1Cl. The minimum atomic E-state index is -0.242. The van der Waals surface area contributed by atoms with Crippen LogP contribution in [0.5, 0.6) is 5.75 Å². The van der Waals surface area contributed by atoms with Gasteiger partial charge >= 0.3 is 0 Å². The number of amides is 1. The number of para-hydroxylation sites is 1. The van der Waals surface area contributed by atoms with Gasteiger partial charge in [-0.1, -0.05) is 41.4 Å². The zero-order valence-corrected chi connectivity index (χ0v) is 15.6. The van der Waals surface area contributed by atoms with Gasteiger partial charge in [-0.3, -0.25) is 4.79 Å². The van der Waals surface area contributed by atoms with Crippen molar-refractivity contribution < 1.29 is 9.53 Å². The molecule has 0 atom stereocenters. The summed E-state index contributed by atoms with van der Waals surface area (Å²) in [7, 11) is 0. The fourth-order valence-electron chi connectivity index (χ4n) is 2.51. The van der Waals surface area contributed by atoms with Gasteiger partial charge in [0.2, 0.25) is 0 Å². The van der Waals surface area contributed by atoms with Crippen LogP contribution in [0, 0.1) is 6.92 Å². The summed E-state index contributed by atoms with van der Waals surface area (Å²) in [6, 6.07) is 12.7. The van der Waals surface area contributed by atoms with E-state index in [1.165, 1.54) is 0 Å². The van der Waals surface area contributed by atoms with Crippen LogP contribution < -0.4 is 10.1 Å². The topological polar surface area (TPSA) is 56.2 Å². The standard InChI is InChI=1S/C19H17Cl2N3O2/c1-13-22-8-9-24(13)17-5-3-2-4-14(17)11-23-19(25)12-26-18-7-6-15(20)10-16(18)21/h2-10H,11-12H2,1H3,(H,23,25). The highest BCUT2D eigenvalue weighted by Crippen LogP contribution is 2.27. The quantitative estimate of drug-likeness (QED) is 0.687. The maximum Gasteiger partial charge on any atom is 0.258 e. The van der Waals surface area contributed by atoms with Crippen LogP contribution in [0.2, 0.25) is 10.0 Å². The van der Waals surface area contributed by atoms with Crippen LogP contribution in [0.3, 0.4) is 0 Å². The molecule has 1 N–H and O–H groups in total. The fraction of sp³-hybridized carbons (Fsp3) is 0.158. The lowest BCUT2D eigenvalue weighted by Crippen LogP contribution is -2.28. The van der Waals surface area contributed by atoms with E-state index in [-0.39, 0.29) is 12.5 Å². The molecule has 7 heteroatoms. The van der Waals surface area contributed by atoms with Crippen molar-refractivity contribution in [3.8, 4) is 11.4 Å². The van der Waals surface area contributed by atoms with Gasteiger partial charge in [-0.25, -0.2) is 4.98 Å². The molecular formula is C19H17Cl2N3O2. The Labute approximate surface area is 161 Å². The van der Waals surface area contributed by atoms with Gasteiger partial charge in [-0.05, 0) is 36.8 Å². The first-order chi connectivity index (χ1) is 12.5. The van der Waals surface area contributed by atoms with Gasteiger partial charge < -0.3 is 14.6 Å². The molecule has 1 amide bonds. The Kier molecular flexibility index (Phi) is 5.81. The van der Waals surface area contributed by atoms with E-state index in [4.69, 9.17) is 27.9 Å². The van der Waals surface area contributed by atoms with Crippen molar-refractivity contribution in [3.05, 3.63) is 76.3 Å². The molecule has 0 fully saturated rings. The third-order valence-corrected chi connectivity index (χ3v) is 4.34. The molecule has 0 bridgehead atoms. The van der Waals surface area contributed by atoms with Gasteiger partial charge in [0.25, 0.3) is 5.91 Å². The van der Waals surface area contributed by atoms with Crippen molar-refractivity contribution in [2.45, 2.75) is 13.5 Å². The summed E-state index contributed by atoms with van der Waals surface area (Å²) >= 11 is 11.9. The number of carbonyl (C=O) groups excluding carboxylic acids is 1. The Balaban J connectivity index is 1.61. The summed E-state index contributed by atoms with van der Waals surface area (Å²) in [4.78, 5) is 16.3. The van der Waals surface area contributed by atoms with Gasteiger partial charge in [0.1, 0.15) is 11.6 Å². The van der Waals surface area contributed by atoms with E-state index in [2.05, 4.69) is 10.3 Å². The summed E-state index contributed by atoms with van der Waals surface area (Å²) < 4.78 is 7.42. The maximum absolute atomic E-state index is 12.1. The van der Waals surface area contributed by atoms with E-state index in [1.807, 2.05) is 42.0 Å². The summed E-state index contributed by atoms with van der Waals surface area (Å²) in [5.74, 6) is 1.05. The predicted octanol–water partition coefficient (Wildman–Crippen LogP) is 4.18. The lowest BCUT2D eigenvalue weighted by atomic mass is 10.1. The van der Waals surface area contributed by atoms with E-state index >= 15 is 0 Å². The van der Waals surface area contributed by atoms with Gasteiger partial charge in [-0.2, -0.15) is 0 Å². The van der Waals surface area contributed by atoms with Crippen molar-refractivity contribution in [1.82, 2.24) is 14.9 Å². The number of halogens is 2. The van der Waals surface area contributed by atoms with Crippen LogP contribution in [-0.2, 0) is 11.3 Å². The van der Waals surface area contributed by atoms with E-state index < -0.39 is 0 Å². The third-order valence-electron chi connectivity index (χ3n) is 3.81. The Morgan fingerprint density at radius 2 is 2.04 bits per heavy atom. The number of hydrogen-bond donors (Lipinski definition) is 1. The molecule has 26 heavy (non-hydrogen) atoms. The van der Waals surface area contributed by atoms with Crippen molar-refractivity contribution in [1.29, 1.82) is 0 Å². The number of aryl methyl sites for hydroxylation is 1. The van der Waals surface area contributed by atoms with Gasteiger partial charge in [0.05, 0.1) is 10.7 Å². The van der Waals surface area contributed by atoms with Crippen LogP contribution in [0.1, 0.15) is 11.4 Å². The van der Waals surface area contributed by atoms with Gasteiger partial charge in [0.15, 0.2) is 6.61 Å². The first kappa shape index (κ1) is 18.3. The Hall–Kier alpha value is -2.50. The molecule has 0 unspecified atom stereocenters. The molecule has 1 aromatic heterocycles. The zero-order valence-electron chi connectivity index (χ0n) is 14.1. The van der Waals surface area contributed by atoms with Crippen LogP contribution in [0.25, 0.3) is 5.69 Å². The Morgan fingerprint density at radius 3 is 2.77 bits per heavy atom. The summed E-state index contributed by atoms with van der Waals surface area (Å²) in [5, 5.41) is 3.73. The molecule has 3 aromatic rings. The van der Waals surface area contributed by atoms with Crippen LogP contribution in [0.4, 0.5) is 0 Å². The molecule has 0 aliphatic heterocycles. The number of rotatable bonds is 6. The molecule has 1 heterocycles. The van der Waals surface area contributed by atoms with Gasteiger partial charge in [0, 0.05) is 24.0 Å². The molecule has 0 aliphatic carbocycles. The molecule has 5 nitrogen and oxygen atoms in total. The number of imidazole rings is 1. The molecule has 3 rings (SSSR count). The largest absolute Gasteiger partial charge is 0.482 e. The van der Waals surface area contributed by atoms with Gasteiger partial charge in [-0.15, -0.1) is 0 Å². The minimum Gasteiger partial charge on any atom is -0.482 e. The second-order valence-corrected chi connectivity index (χ2v) is 6.46. The number of carbonyl (C=O) groups is 1. The number of aromatic nitrogens is 2. The van der Waals surface area contributed by atoms with E-state index in [9.17, 15) is 4.79 Å². The van der Waals surface area contributed by atoms with Crippen molar-refractivity contribution >= 4 is 29.1 Å². The number of ether oxygens (including phenoxy) is 1. The maximum atomic E-state index is 12.1. The van der Waals surface area contributed by atoms with Crippen molar-refractivity contribution in [3.63, 3.8) is 0 Å². The fourth-order valence-corrected chi connectivity index (χ4v) is 2.97. The predicted molar refractivity (Wildman–Crippen MR) is 102 cm³/mol. The number of nitrogens with one attached hydrogen (secondary N) is 1. The molecule has 0 saturated carbocycles. The number of nitrogens with zero attached hydrogens (tertiary/aromatic N) is 2. The monoisotopic (exact) mass is 389 g/mol. The zero-order chi connectivity index (χ0) is 18.5. The van der Waals surface area contributed by atoms with Crippen molar-refractivity contribution in [2.75, 3.05) is 6.61 Å². The lowest BCUT2D eigenvalue weighted by Gasteiger charge is -2.13. The van der Waals surface area contributed by atoms with E-state index in [0.717, 1.165) is 17.1 Å². The molecule has 2 aromatic carbocycles. The average Bonchev–Trinajstić information content (AvgIpc) is 3.05. The first-order valence-corrected chi connectivity index (χ1v) is 8.73. The second kappa shape index (κ2) is 8.25. The molecule has 0 spiro atoms. The smallest absolute Gasteiger partial charge is 0.258 e. The molecule has 134 valence electrons. The second-order valence-electron chi connectivity index (χ2n) is 5.61. The minimum absolute atomic E-state index is 0.131. The van der Waals surface area contributed by atoms with Crippen LogP contribution in [-0.4, -0.2) is 22.1 Å². The summed E-state index contributed by atoms with van der Waals surface area (Å²) in [6.45, 7) is 2.18. The van der Waals surface area contributed by atoms with Crippen molar-refractivity contribution in [2.24, 2.45) is 0 Å². The molecule has 0 saturated heterocycles. The average molecular weight is 390 g/mol. The van der Waals surface area contributed by atoms with Crippen LogP contribution >= 0.6 is 23.2 Å². The molecular weight excluding hydrogens is 373 g/mol. The normalized spacial score (nSPS) is 10.6. The first-order valence-electron chi connectivity index (χ1n) is 7.97. The lowest BCUT2D eigenvalue weighted by molar-refractivity contribution is -0.123. The summed E-state index contributed by atoms with van der Waals surface area (Å²) in [5.41, 5.74) is 1.95. The number of benzene rings is 2. The molecule has 0 aliphatic rings. The highest BCUT2D eigenvalue weighted by molar-refractivity contribution is 6.35. The van der Waals surface area contributed by atoms with E-state index in [0.29, 0.717) is 22.3 Å². The Morgan fingerprint density at radius 1 is 1.23 bits per heavy atom.